The van der Waals surface area contributed by atoms with Gasteiger partial charge in [-0.2, -0.15) is 0 Å². The zero-order valence-electron chi connectivity index (χ0n) is 16.6. The van der Waals surface area contributed by atoms with Gasteiger partial charge in [0.25, 0.3) is 0 Å². The standard InChI is InChI=1S/C20H29N3O4/c1-5-27-20(26)22-10-8-17(9-11-22)23(16(4)24)13-19(25)21-18-12-14(2)6-7-15(18)3/h6-7,12,17H,5,8-11,13H2,1-4H3,(H,21,25). The van der Waals surface area contributed by atoms with Gasteiger partial charge in [0.05, 0.1) is 6.61 Å². The summed E-state index contributed by atoms with van der Waals surface area (Å²) in [6.45, 7) is 8.54. The molecule has 0 saturated carbocycles. The number of nitrogens with zero attached hydrogens (tertiary/aromatic N) is 2. The molecule has 1 N–H and O–H groups in total. The molecule has 1 aromatic rings. The monoisotopic (exact) mass is 375 g/mol. The topological polar surface area (TPSA) is 79.0 Å². The molecule has 1 saturated heterocycles. The van der Waals surface area contributed by atoms with Crippen molar-refractivity contribution in [2.45, 2.75) is 46.6 Å². The number of carbonyl (C=O) groups is 3. The number of ether oxygens (including phenoxy) is 1. The van der Waals surface area contributed by atoms with Crippen LogP contribution in [-0.4, -0.2) is 60.0 Å². The minimum Gasteiger partial charge on any atom is -0.450 e. The van der Waals surface area contributed by atoms with Gasteiger partial charge in [-0.05, 0) is 50.8 Å². The molecule has 1 aromatic carbocycles. The molecule has 27 heavy (non-hydrogen) atoms. The predicted molar refractivity (Wildman–Crippen MR) is 104 cm³/mol. The summed E-state index contributed by atoms with van der Waals surface area (Å²) >= 11 is 0. The Morgan fingerprint density at radius 2 is 1.89 bits per heavy atom. The highest BCUT2D eigenvalue weighted by Crippen LogP contribution is 2.19. The molecule has 7 heteroatoms. The highest BCUT2D eigenvalue weighted by molar-refractivity contribution is 5.95. The Balaban J connectivity index is 1.96. The third-order valence-electron chi connectivity index (χ3n) is 4.82. The van der Waals surface area contributed by atoms with Gasteiger partial charge < -0.3 is 19.9 Å². The van der Waals surface area contributed by atoms with Crippen LogP contribution in [0.1, 0.15) is 37.8 Å². The Bertz CT molecular complexity index is 696. The molecule has 1 aliphatic rings. The predicted octanol–water partition coefficient (Wildman–Crippen LogP) is 2.71. The lowest BCUT2D eigenvalue weighted by Crippen LogP contribution is -2.50. The number of anilines is 1. The second kappa shape index (κ2) is 9.39. The second-order valence-corrected chi connectivity index (χ2v) is 6.93. The van der Waals surface area contributed by atoms with Crippen LogP contribution in [0.15, 0.2) is 18.2 Å². The van der Waals surface area contributed by atoms with Crippen LogP contribution in [0.5, 0.6) is 0 Å². The highest BCUT2D eigenvalue weighted by atomic mass is 16.6. The molecule has 2 rings (SSSR count). The molecule has 3 amide bonds. The normalized spacial score (nSPS) is 14.6. The van der Waals surface area contributed by atoms with Crippen LogP contribution >= 0.6 is 0 Å². The maximum Gasteiger partial charge on any atom is 0.409 e. The third-order valence-corrected chi connectivity index (χ3v) is 4.82. The van der Waals surface area contributed by atoms with Crippen molar-refractivity contribution in [2.24, 2.45) is 0 Å². The van der Waals surface area contributed by atoms with Crippen molar-refractivity contribution in [3.63, 3.8) is 0 Å². The molecule has 7 nitrogen and oxygen atoms in total. The smallest absolute Gasteiger partial charge is 0.409 e. The van der Waals surface area contributed by atoms with Crippen molar-refractivity contribution in [2.75, 3.05) is 31.6 Å². The fourth-order valence-electron chi connectivity index (χ4n) is 3.29. The van der Waals surface area contributed by atoms with Crippen LogP contribution in [0.2, 0.25) is 0 Å². The molecule has 0 unspecified atom stereocenters. The molecule has 0 aliphatic carbocycles. The molecular formula is C20H29N3O4. The van der Waals surface area contributed by atoms with Crippen LogP contribution in [0.3, 0.4) is 0 Å². The number of piperidine rings is 1. The lowest BCUT2D eigenvalue weighted by Gasteiger charge is -2.37. The number of likely N-dealkylation sites (tertiary alicyclic amines) is 1. The van der Waals surface area contributed by atoms with Gasteiger partial charge in [-0.3, -0.25) is 9.59 Å². The van der Waals surface area contributed by atoms with E-state index in [1.54, 1.807) is 16.7 Å². The summed E-state index contributed by atoms with van der Waals surface area (Å²) < 4.78 is 5.02. The first kappa shape index (κ1) is 20.7. The van der Waals surface area contributed by atoms with Crippen molar-refractivity contribution >= 4 is 23.6 Å². The Morgan fingerprint density at radius 3 is 2.48 bits per heavy atom. The fraction of sp³-hybridized carbons (Fsp3) is 0.550. The van der Waals surface area contributed by atoms with Crippen LogP contribution in [0, 0.1) is 13.8 Å². The number of amides is 3. The third kappa shape index (κ3) is 5.70. The summed E-state index contributed by atoms with van der Waals surface area (Å²) in [5, 5.41) is 2.90. The van der Waals surface area contributed by atoms with Crippen molar-refractivity contribution in [1.29, 1.82) is 0 Å². The van der Waals surface area contributed by atoms with E-state index < -0.39 is 0 Å². The Kier molecular flexibility index (Phi) is 7.21. The van der Waals surface area contributed by atoms with Crippen molar-refractivity contribution < 1.29 is 19.1 Å². The average molecular weight is 375 g/mol. The van der Waals surface area contributed by atoms with Crippen molar-refractivity contribution in [3.8, 4) is 0 Å². The fourth-order valence-corrected chi connectivity index (χ4v) is 3.29. The maximum atomic E-state index is 12.5. The Morgan fingerprint density at radius 1 is 1.22 bits per heavy atom. The lowest BCUT2D eigenvalue weighted by molar-refractivity contribution is -0.136. The van der Waals surface area contributed by atoms with E-state index in [4.69, 9.17) is 4.74 Å². The maximum absolute atomic E-state index is 12.5. The number of carbonyl (C=O) groups excluding carboxylic acids is 3. The van der Waals surface area contributed by atoms with Gasteiger partial charge >= 0.3 is 6.09 Å². The van der Waals surface area contributed by atoms with Crippen LogP contribution in [0.4, 0.5) is 10.5 Å². The van der Waals surface area contributed by atoms with Gasteiger partial charge in [-0.25, -0.2) is 4.79 Å². The first-order chi connectivity index (χ1) is 12.8. The number of nitrogens with one attached hydrogen (secondary N) is 1. The van der Waals surface area contributed by atoms with Crippen molar-refractivity contribution in [3.05, 3.63) is 29.3 Å². The zero-order valence-corrected chi connectivity index (χ0v) is 16.6. The van der Waals surface area contributed by atoms with Gasteiger partial charge in [0.15, 0.2) is 0 Å². The molecule has 0 bridgehead atoms. The second-order valence-electron chi connectivity index (χ2n) is 6.93. The van der Waals surface area contributed by atoms with Crippen LogP contribution in [-0.2, 0) is 14.3 Å². The first-order valence-corrected chi connectivity index (χ1v) is 9.37. The molecule has 148 valence electrons. The molecule has 0 spiro atoms. The summed E-state index contributed by atoms with van der Waals surface area (Å²) in [6.07, 6.45) is 0.947. The average Bonchev–Trinajstić information content (AvgIpc) is 2.63. The van der Waals surface area contributed by atoms with Crippen molar-refractivity contribution in [1.82, 2.24) is 9.80 Å². The van der Waals surface area contributed by atoms with Gasteiger partial charge in [-0.15, -0.1) is 0 Å². The summed E-state index contributed by atoms with van der Waals surface area (Å²) in [5.41, 5.74) is 2.80. The first-order valence-electron chi connectivity index (χ1n) is 9.37. The van der Waals surface area contributed by atoms with E-state index in [0.29, 0.717) is 32.5 Å². The van der Waals surface area contributed by atoms with Gasteiger partial charge in [0.1, 0.15) is 6.54 Å². The summed E-state index contributed by atoms with van der Waals surface area (Å²) in [5.74, 6) is -0.354. The van der Waals surface area contributed by atoms with Crippen LogP contribution in [0.25, 0.3) is 0 Å². The number of benzene rings is 1. The minimum atomic E-state index is -0.321. The van der Waals surface area contributed by atoms with Crippen LogP contribution < -0.4 is 5.32 Å². The molecule has 0 radical (unpaired) electrons. The number of hydrogen-bond acceptors (Lipinski definition) is 4. The zero-order chi connectivity index (χ0) is 20.0. The number of aryl methyl sites for hydroxylation is 2. The van der Waals surface area contributed by atoms with E-state index in [2.05, 4.69) is 5.32 Å². The Hall–Kier alpha value is -2.57. The quantitative estimate of drug-likeness (QED) is 0.858. The van der Waals surface area contributed by atoms with Gasteiger partial charge in [-0.1, -0.05) is 12.1 Å². The SMILES string of the molecule is CCOC(=O)N1CCC(N(CC(=O)Nc2cc(C)ccc2C)C(C)=O)CC1. The highest BCUT2D eigenvalue weighted by Gasteiger charge is 2.30. The molecule has 1 fully saturated rings. The summed E-state index contributed by atoms with van der Waals surface area (Å²) in [7, 11) is 0. The largest absolute Gasteiger partial charge is 0.450 e. The number of rotatable bonds is 5. The Labute approximate surface area is 160 Å². The molecular weight excluding hydrogens is 346 g/mol. The minimum absolute atomic E-state index is 0.00673. The molecule has 1 aliphatic heterocycles. The van der Waals surface area contributed by atoms with E-state index in [1.165, 1.54) is 6.92 Å². The molecule has 1 heterocycles. The number of hydrogen-bond donors (Lipinski definition) is 1. The summed E-state index contributed by atoms with van der Waals surface area (Å²) in [6, 6.07) is 5.81. The van der Waals surface area contributed by atoms with E-state index in [1.807, 2.05) is 32.0 Å². The summed E-state index contributed by atoms with van der Waals surface area (Å²) in [4.78, 5) is 39.7. The van der Waals surface area contributed by atoms with E-state index in [-0.39, 0.29) is 30.5 Å². The molecule has 0 aromatic heterocycles. The molecule has 0 atom stereocenters. The van der Waals surface area contributed by atoms with E-state index >= 15 is 0 Å². The van der Waals surface area contributed by atoms with E-state index in [9.17, 15) is 14.4 Å². The lowest BCUT2D eigenvalue weighted by atomic mass is 10.0. The van der Waals surface area contributed by atoms with E-state index in [0.717, 1.165) is 16.8 Å². The van der Waals surface area contributed by atoms with Gasteiger partial charge in [0, 0.05) is 31.7 Å². The van der Waals surface area contributed by atoms with Gasteiger partial charge in [0.2, 0.25) is 11.8 Å².